The number of carbonyl (C=O) groups is 1. The SMILES string of the molecule is C=C(CC)C(=O)O.O.c1ccc(-c2ccccc2)cc1. The van der Waals surface area contributed by atoms with Crippen LogP contribution >= 0.6 is 0 Å². The third-order valence-electron chi connectivity index (χ3n) is 2.61. The molecule has 0 atom stereocenters. The van der Waals surface area contributed by atoms with E-state index in [9.17, 15) is 4.79 Å². The van der Waals surface area contributed by atoms with Gasteiger partial charge in [-0.15, -0.1) is 0 Å². The van der Waals surface area contributed by atoms with Gasteiger partial charge in [0.25, 0.3) is 0 Å². The molecule has 0 aliphatic carbocycles. The maximum absolute atomic E-state index is 9.83. The van der Waals surface area contributed by atoms with E-state index in [1.807, 2.05) is 12.1 Å². The standard InChI is InChI=1S/C12H10.C5H8O2.H2O/c1-3-7-11(8-4-1)12-9-5-2-6-10-12;1-3-4(2)5(6)7;/h1-10H;2-3H2,1H3,(H,6,7);1H2. The number of hydrogen-bond donors (Lipinski definition) is 1. The van der Waals surface area contributed by atoms with Gasteiger partial charge in [-0.3, -0.25) is 0 Å². The monoisotopic (exact) mass is 272 g/mol. The van der Waals surface area contributed by atoms with Crippen molar-refractivity contribution in [2.24, 2.45) is 0 Å². The van der Waals surface area contributed by atoms with Crippen molar-refractivity contribution >= 4 is 5.97 Å². The van der Waals surface area contributed by atoms with Gasteiger partial charge in [-0.05, 0) is 17.5 Å². The van der Waals surface area contributed by atoms with Crippen molar-refractivity contribution in [2.75, 3.05) is 0 Å². The molecule has 0 amide bonds. The average molecular weight is 272 g/mol. The van der Waals surface area contributed by atoms with Crippen LogP contribution < -0.4 is 0 Å². The first kappa shape index (κ1) is 17.6. The zero-order valence-electron chi connectivity index (χ0n) is 11.5. The van der Waals surface area contributed by atoms with Crippen LogP contribution in [0.4, 0.5) is 0 Å². The minimum atomic E-state index is -0.900. The molecule has 2 aromatic carbocycles. The van der Waals surface area contributed by atoms with Crippen LogP contribution in [0.5, 0.6) is 0 Å². The second-order valence-electron chi connectivity index (χ2n) is 3.99. The summed E-state index contributed by atoms with van der Waals surface area (Å²) >= 11 is 0. The number of benzene rings is 2. The summed E-state index contributed by atoms with van der Waals surface area (Å²) in [6.07, 6.45) is 0.523. The summed E-state index contributed by atoms with van der Waals surface area (Å²) in [4.78, 5) is 9.83. The van der Waals surface area contributed by atoms with Crippen LogP contribution in [0.1, 0.15) is 13.3 Å². The smallest absolute Gasteiger partial charge is 0.330 e. The van der Waals surface area contributed by atoms with Gasteiger partial charge in [0.05, 0.1) is 0 Å². The third-order valence-corrected chi connectivity index (χ3v) is 2.61. The Labute approximate surface area is 119 Å². The lowest BCUT2D eigenvalue weighted by molar-refractivity contribution is -0.132. The Balaban J connectivity index is 0.000000396. The van der Waals surface area contributed by atoms with Gasteiger partial charge in [-0.1, -0.05) is 74.2 Å². The van der Waals surface area contributed by atoms with Gasteiger partial charge >= 0.3 is 5.97 Å². The average Bonchev–Trinajstić information content (AvgIpc) is 2.49. The van der Waals surface area contributed by atoms with Crippen molar-refractivity contribution in [2.45, 2.75) is 13.3 Å². The number of carboxylic acids is 1. The van der Waals surface area contributed by atoms with E-state index in [-0.39, 0.29) is 11.0 Å². The summed E-state index contributed by atoms with van der Waals surface area (Å²) < 4.78 is 0. The highest BCUT2D eigenvalue weighted by molar-refractivity contribution is 5.85. The van der Waals surface area contributed by atoms with Crippen LogP contribution in [0.3, 0.4) is 0 Å². The normalized spacial score (nSPS) is 8.65. The maximum atomic E-state index is 9.83. The van der Waals surface area contributed by atoms with E-state index < -0.39 is 5.97 Å². The Bertz CT molecular complexity index is 481. The summed E-state index contributed by atoms with van der Waals surface area (Å²) in [5.74, 6) is -0.900. The number of aliphatic carboxylic acids is 1. The molecule has 0 aromatic heterocycles. The maximum Gasteiger partial charge on any atom is 0.330 e. The molecule has 0 bridgehead atoms. The summed E-state index contributed by atoms with van der Waals surface area (Å²) in [6.45, 7) is 5.03. The van der Waals surface area contributed by atoms with Gasteiger partial charge in [0.1, 0.15) is 0 Å². The lowest BCUT2D eigenvalue weighted by Crippen LogP contribution is -1.95. The molecule has 0 fully saturated rings. The zero-order chi connectivity index (χ0) is 14.1. The molecule has 3 nitrogen and oxygen atoms in total. The summed E-state index contributed by atoms with van der Waals surface area (Å²) in [5.41, 5.74) is 2.82. The van der Waals surface area contributed by atoms with Crippen molar-refractivity contribution in [3.63, 3.8) is 0 Å². The van der Waals surface area contributed by atoms with E-state index in [0.29, 0.717) is 6.42 Å². The van der Waals surface area contributed by atoms with Gasteiger partial charge in [0.15, 0.2) is 0 Å². The molecule has 3 N–H and O–H groups in total. The highest BCUT2D eigenvalue weighted by atomic mass is 16.4. The quantitative estimate of drug-likeness (QED) is 0.868. The van der Waals surface area contributed by atoms with E-state index in [0.717, 1.165) is 0 Å². The van der Waals surface area contributed by atoms with Gasteiger partial charge < -0.3 is 10.6 Å². The second kappa shape index (κ2) is 9.53. The minimum Gasteiger partial charge on any atom is -0.478 e. The van der Waals surface area contributed by atoms with Gasteiger partial charge in [-0.25, -0.2) is 4.79 Å². The van der Waals surface area contributed by atoms with Crippen molar-refractivity contribution in [1.82, 2.24) is 0 Å². The Morgan fingerprint density at radius 2 is 1.30 bits per heavy atom. The molecule has 3 heteroatoms. The van der Waals surface area contributed by atoms with Crippen LogP contribution in [0, 0.1) is 0 Å². The van der Waals surface area contributed by atoms with Crippen molar-refractivity contribution in [3.8, 4) is 11.1 Å². The number of rotatable bonds is 3. The molecule has 0 saturated heterocycles. The molecule has 0 heterocycles. The fraction of sp³-hybridized carbons (Fsp3) is 0.118. The highest BCUT2D eigenvalue weighted by Gasteiger charge is 1.96. The van der Waals surface area contributed by atoms with E-state index in [2.05, 4.69) is 55.1 Å². The summed E-state index contributed by atoms with van der Waals surface area (Å²) in [6, 6.07) is 20.8. The Hall–Kier alpha value is -2.39. The topological polar surface area (TPSA) is 68.8 Å². The van der Waals surface area contributed by atoms with E-state index in [4.69, 9.17) is 5.11 Å². The van der Waals surface area contributed by atoms with E-state index in [1.165, 1.54) is 11.1 Å². The van der Waals surface area contributed by atoms with Gasteiger partial charge in [0, 0.05) is 5.57 Å². The lowest BCUT2D eigenvalue weighted by Gasteiger charge is -1.98. The van der Waals surface area contributed by atoms with Gasteiger partial charge in [0.2, 0.25) is 0 Å². The Kier molecular flexibility index (Phi) is 8.39. The lowest BCUT2D eigenvalue weighted by atomic mass is 10.1. The predicted octanol–water partition coefficient (Wildman–Crippen LogP) is 3.57. The minimum absolute atomic E-state index is 0. The Morgan fingerprint density at radius 1 is 0.950 bits per heavy atom. The fourth-order valence-corrected chi connectivity index (χ4v) is 1.41. The van der Waals surface area contributed by atoms with Crippen LogP contribution in [0.2, 0.25) is 0 Å². The molecular weight excluding hydrogens is 252 g/mol. The molecule has 0 radical (unpaired) electrons. The summed E-state index contributed by atoms with van der Waals surface area (Å²) in [7, 11) is 0. The number of hydrogen-bond acceptors (Lipinski definition) is 1. The second-order valence-corrected chi connectivity index (χ2v) is 3.99. The highest BCUT2D eigenvalue weighted by Crippen LogP contribution is 2.17. The van der Waals surface area contributed by atoms with E-state index >= 15 is 0 Å². The van der Waals surface area contributed by atoms with Crippen molar-refractivity contribution in [1.29, 1.82) is 0 Å². The molecule has 2 aromatic rings. The fourth-order valence-electron chi connectivity index (χ4n) is 1.41. The van der Waals surface area contributed by atoms with Crippen LogP contribution in [0.25, 0.3) is 11.1 Å². The first-order valence-corrected chi connectivity index (χ1v) is 6.16. The Morgan fingerprint density at radius 3 is 1.50 bits per heavy atom. The molecular formula is C17H20O3. The van der Waals surface area contributed by atoms with Crippen molar-refractivity contribution in [3.05, 3.63) is 72.8 Å². The first-order valence-electron chi connectivity index (χ1n) is 6.16. The molecule has 0 saturated carbocycles. The number of carboxylic acid groups (broad SMARTS) is 1. The largest absolute Gasteiger partial charge is 0.478 e. The van der Waals surface area contributed by atoms with Crippen LogP contribution in [-0.2, 0) is 4.79 Å². The molecule has 0 spiro atoms. The predicted molar refractivity (Wildman–Crippen MR) is 82.6 cm³/mol. The van der Waals surface area contributed by atoms with Crippen LogP contribution in [-0.4, -0.2) is 16.6 Å². The van der Waals surface area contributed by atoms with Gasteiger partial charge in [-0.2, -0.15) is 0 Å². The molecule has 2 rings (SSSR count). The summed E-state index contributed by atoms with van der Waals surface area (Å²) in [5, 5.41) is 8.08. The first-order chi connectivity index (χ1) is 9.15. The third kappa shape index (κ3) is 5.98. The zero-order valence-corrected chi connectivity index (χ0v) is 11.5. The molecule has 20 heavy (non-hydrogen) atoms. The van der Waals surface area contributed by atoms with Crippen LogP contribution in [0.15, 0.2) is 72.8 Å². The molecule has 106 valence electrons. The molecule has 0 unspecified atom stereocenters. The van der Waals surface area contributed by atoms with Crippen molar-refractivity contribution < 1.29 is 15.4 Å². The van der Waals surface area contributed by atoms with E-state index in [1.54, 1.807) is 6.92 Å². The molecule has 0 aliphatic rings. The molecule has 0 aliphatic heterocycles.